The Labute approximate surface area is 173 Å². The van der Waals surface area contributed by atoms with Gasteiger partial charge in [-0.25, -0.2) is 8.42 Å². The Morgan fingerprint density at radius 2 is 1.79 bits per heavy atom. The molecule has 0 N–H and O–H groups in total. The third-order valence-electron chi connectivity index (χ3n) is 3.01. The summed E-state index contributed by atoms with van der Waals surface area (Å²) in [6, 6.07) is 10.7. The number of aryl methyl sites for hydroxylation is 1. The molecule has 0 unspecified atom stereocenters. The second-order valence-electron chi connectivity index (χ2n) is 4.33. The predicted molar refractivity (Wildman–Crippen MR) is 70.5 cm³/mol. The van der Waals surface area contributed by atoms with Crippen molar-refractivity contribution >= 4 is 20.9 Å². The van der Waals surface area contributed by atoms with Crippen LogP contribution in [0.4, 0.5) is 0 Å². The van der Waals surface area contributed by atoms with Crippen molar-refractivity contribution in [2.45, 2.75) is 31.1 Å². The molecule has 0 aromatic heterocycles. The van der Waals surface area contributed by atoms with Crippen molar-refractivity contribution < 1.29 is 81.9 Å². The third kappa shape index (κ3) is 4.31. The van der Waals surface area contributed by atoms with Gasteiger partial charge in [-0.3, -0.25) is 0 Å². The summed E-state index contributed by atoms with van der Waals surface area (Å²) in [5, 5.41) is 1.31. The minimum Gasteiger partial charge on any atom is -0.744 e. The van der Waals surface area contributed by atoms with E-state index in [0.717, 1.165) is 18.2 Å². The summed E-state index contributed by atoms with van der Waals surface area (Å²) in [5.74, 6) is 0. The molecule has 0 aliphatic heterocycles. The molecule has 0 fully saturated rings. The van der Waals surface area contributed by atoms with Gasteiger partial charge in [0.15, 0.2) is 0 Å². The summed E-state index contributed by atoms with van der Waals surface area (Å²) in [5.41, 5.74) is 0.630. The molecule has 0 atom stereocenters. The summed E-state index contributed by atoms with van der Waals surface area (Å²) >= 11 is 0. The smallest absolute Gasteiger partial charge is 0.744 e. The van der Waals surface area contributed by atoms with Gasteiger partial charge in [0.05, 0.1) is 4.90 Å². The molecule has 0 saturated carbocycles. The van der Waals surface area contributed by atoms with E-state index >= 15 is 0 Å². The zero-order chi connectivity index (χ0) is 13.2. The van der Waals surface area contributed by atoms with Crippen molar-refractivity contribution in [2.75, 3.05) is 0 Å². The predicted octanol–water partition coefficient (Wildman–Crippen LogP) is 0.0905. The van der Waals surface area contributed by atoms with Gasteiger partial charge in [-0.05, 0) is 29.2 Å². The molecule has 0 amide bonds. The maximum atomic E-state index is 11.5. The van der Waals surface area contributed by atoms with Gasteiger partial charge in [-0.2, -0.15) is 0 Å². The van der Waals surface area contributed by atoms with E-state index in [9.17, 15) is 13.0 Å². The Kier molecular flexibility index (Phi) is 7.09. The van der Waals surface area contributed by atoms with E-state index in [1.165, 1.54) is 0 Å². The molecule has 0 saturated heterocycles. The summed E-state index contributed by atoms with van der Waals surface area (Å²) in [6.45, 7) is 2.03. The first-order valence-electron chi connectivity index (χ1n) is 6.00. The first-order valence-corrected chi connectivity index (χ1v) is 7.41. The summed E-state index contributed by atoms with van der Waals surface area (Å²) in [7, 11) is -4.44. The Hall–Kier alpha value is 0.662. The fourth-order valence-electron chi connectivity index (χ4n) is 2.15. The van der Waals surface area contributed by atoms with Crippen molar-refractivity contribution in [3.05, 3.63) is 42.0 Å². The van der Waals surface area contributed by atoms with Crippen LogP contribution in [0.2, 0.25) is 0 Å². The normalized spacial score (nSPS) is 11.3. The van der Waals surface area contributed by atoms with Crippen LogP contribution in [0.5, 0.6) is 0 Å². The summed E-state index contributed by atoms with van der Waals surface area (Å²) in [6.07, 6.45) is 2.46. The van der Waals surface area contributed by atoms with E-state index in [1.54, 1.807) is 18.2 Å². The summed E-state index contributed by atoms with van der Waals surface area (Å²) in [4.78, 5) is -0.0472. The molecular formula is C14H15CsO3S. The number of unbranched alkanes of at least 4 members (excludes halogenated alkanes) is 1. The van der Waals surface area contributed by atoms with E-state index < -0.39 is 10.1 Å². The maximum absolute atomic E-state index is 11.5. The number of hydrogen-bond donors (Lipinski definition) is 0. The average Bonchev–Trinajstić information content (AvgIpc) is 2.34. The van der Waals surface area contributed by atoms with Crippen LogP contribution in [-0.4, -0.2) is 13.0 Å². The molecule has 0 heterocycles. The van der Waals surface area contributed by atoms with Gasteiger partial charge in [0, 0.05) is 0 Å². The molecule has 0 spiro atoms. The first-order chi connectivity index (χ1) is 8.54. The largest absolute Gasteiger partial charge is 1.00 e. The molecule has 3 nitrogen and oxygen atoms in total. The third-order valence-corrected chi connectivity index (χ3v) is 3.99. The Balaban J connectivity index is 0.00000180. The van der Waals surface area contributed by atoms with Gasteiger partial charge in [0.2, 0.25) is 0 Å². The van der Waals surface area contributed by atoms with Crippen LogP contribution in [0.25, 0.3) is 10.8 Å². The molecule has 0 aliphatic carbocycles. The first kappa shape index (κ1) is 17.7. The number of rotatable bonds is 4. The monoisotopic (exact) mass is 396 g/mol. The van der Waals surface area contributed by atoms with Gasteiger partial charge in [-0.1, -0.05) is 49.7 Å². The van der Waals surface area contributed by atoms with Gasteiger partial charge in [-0.15, -0.1) is 0 Å². The van der Waals surface area contributed by atoms with Crippen molar-refractivity contribution in [3.63, 3.8) is 0 Å². The van der Waals surface area contributed by atoms with Crippen molar-refractivity contribution in [1.29, 1.82) is 0 Å². The number of benzene rings is 2. The van der Waals surface area contributed by atoms with Crippen LogP contribution in [0.1, 0.15) is 25.3 Å². The molecule has 0 radical (unpaired) electrons. The van der Waals surface area contributed by atoms with Gasteiger partial charge >= 0.3 is 68.9 Å². The topological polar surface area (TPSA) is 57.2 Å². The van der Waals surface area contributed by atoms with Crippen LogP contribution in [0, 0.1) is 0 Å². The molecule has 2 aromatic rings. The maximum Gasteiger partial charge on any atom is 1.00 e. The SMILES string of the molecule is CCCCc1ccc2ccccc2c1S(=O)(=O)[O-].[Cs+]. The minimum atomic E-state index is -4.44. The molecule has 5 heteroatoms. The molecule has 0 aliphatic rings. The summed E-state index contributed by atoms with van der Waals surface area (Å²) < 4.78 is 34.4. The second-order valence-corrected chi connectivity index (χ2v) is 5.65. The van der Waals surface area contributed by atoms with Crippen LogP contribution in [-0.2, 0) is 16.5 Å². The van der Waals surface area contributed by atoms with E-state index in [4.69, 9.17) is 0 Å². The van der Waals surface area contributed by atoms with Crippen LogP contribution >= 0.6 is 0 Å². The Morgan fingerprint density at radius 3 is 2.42 bits per heavy atom. The molecular weight excluding hydrogens is 381 g/mol. The van der Waals surface area contributed by atoms with Crippen molar-refractivity contribution in [1.82, 2.24) is 0 Å². The molecule has 2 rings (SSSR count). The van der Waals surface area contributed by atoms with Crippen molar-refractivity contribution in [3.8, 4) is 0 Å². The zero-order valence-electron chi connectivity index (χ0n) is 11.2. The van der Waals surface area contributed by atoms with E-state index in [0.29, 0.717) is 17.4 Å². The fraction of sp³-hybridized carbons (Fsp3) is 0.286. The van der Waals surface area contributed by atoms with Gasteiger partial charge < -0.3 is 4.55 Å². The van der Waals surface area contributed by atoms with Crippen LogP contribution in [0.3, 0.4) is 0 Å². The van der Waals surface area contributed by atoms with Crippen LogP contribution < -0.4 is 68.9 Å². The second kappa shape index (κ2) is 7.61. The average molecular weight is 396 g/mol. The standard InChI is InChI=1S/C14H16O3S.Cs/c1-2-3-6-12-10-9-11-7-4-5-8-13(11)14(12)18(15,16)17;/h4-5,7-10H,2-3,6H2,1H3,(H,15,16,17);/q;+1/p-1. The van der Waals surface area contributed by atoms with E-state index in [2.05, 4.69) is 0 Å². The Morgan fingerprint density at radius 1 is 1.11 bits per heavy atom. The van der Waals surface area contributed by atoms with Gasteiger partial charge in [0.1, 0.15) is 10.1 Å². The molecule has 2 aromatic carbocycles. The molecule has 0 bridgehead atoms. The van der Waals surface area contributed by atoms with Crippen molar-refractivity contribution in [2.24, 2.45) is 0 Å². The number of fused-ring (bicyclic) bond motifs is 1. The quantitative estimate of drug-likeness (QED) is 0.689. The Bertz CT molecular complexity index is 665. The molecule has 19 heavy (non-hydrogen) atoms. The minimum absolute atomic E-state index is 0. The molecule has 96 valence electrons. The fourth-order valence-corrected chi connectivity index (χ4v) is 3.09. The van der Waals surface area contributed by atoms with E-state index in [1.807, 2.05) is 25.1 Å². The van der Waals surface area contributed by atoms with Gasteiger partial charge in [0.25, 0.3) is 0 Å². The zero-order valence-corrected chi connectivity index (χ0v) is 18.3. The van der Waals surface area contributed by atoms with E-state index in [-0.39, 0.29) is 73.8 Å². The van der Waals surface area contributed by atoms with Crippen LogP contribution in [0.15, 0.2) is 41.3 Å². The number of hydrogen-bond acceptors (Lipinski definition) is 3.